The Bertz CT molecular complexity index is 613. The molecule has 2 aromatic rings. The van der Waals surface area contributed by atoms with E-state index in [2.05, 4.69) is 15.3 Å². The zero-order valence-corrected chi connectivity index (χ0v) is 12.7. The Kier molecular flexibility index (Phi) is 3.34. The van der Waals surface area contributed by atoms with Gasteiger partial charge in [0.1, 0.15) is 5.39 Å². The molecule has 20 heavy (non-hydrogen) atoms. The summed E-state index contributed by atoms with van der Waals surface area (Å²) in [6.07, 6.45) is 13.7. The highest BCUT2D eigenvalue weighted by Crippen LogP contribution is 2.37. The van der Waals surface area contributed by atoms with E-state index in [0.717, 1.165) is 5.82 Å². The van der Waals surface area contributed by atoms with Gasteiger partial charge in [0, 0.05) is 10.9 Å². The largest absolute Gasteiger partial charge is 0.346 e. The number of aromatic amines is 1. The fourth-order valence-corrected chi connectivity index (χ4v) is 4.94. The van der Waals surface area contributed by atoms with Crippen LogP contribution in [0.4, 0.5) is 5.82 Å². The van der Waals surface area contributed by atoms with Crippen LogP contribution >= 0.6 is 11.3 Å². The number of aryl methyl sites for hydroxylation is 2. The number of thiophene rings is 1. The van der Waals surface area contributed by atoms with Gasteiger partial charge < -0.3 is 5.32 Å². The predicted octanol–water partition coefficient (Wildman–Crippen LogP) is 3.73. The van der Waals surface area contributed by atoms with Crippen molar-refractivity contribution in [1.82, 2.24) is 4.98 Å². The van der Waals surface area contributed by atoms with Crippen LogP contribution in [0, 0.1) is 0 Å². The zero-order valence-electron chi connectivity index (χ0n) is 11.9. The van der Waals surface area contributed by atoms with E-state index in [4.69, 9.17) is 0 Å². The summed E-state index contributed by atoms with van der Waals surface area (Å²) in [4.78, 5) is 10.9. The van der Waals surface area contributed by atoms with Crippen LogP contribution < -0.4 is 10.3 Å². The van der Waals surface area contributed by atoms with Gasteiger partial charge in [0.2, 0.25) is 0 Å². The molecule has 0 bridgehead atoms. The van der Waals surface area contributed by atoms with E-state index in [1.165, 1.54) is 68.0 Å². The average Bonchev–Trinajstić information content (AvgIpc) is 2.88. The van der Waals surface area contributed by atoms with Crippen LogP contribution in [0.5, 0.6) is 0 Å². The molecule has 1 saturated carbocycles. The Balaban J connectivity index is 1.72. The summed E-state index contributed by atoms with van der Waals surface area (Å²) in [6.45, 7) is 0. The number of hydrogen-bond acceptors (Lipinski definition) is 3. The van der Waals surface area contributed by atoms with E-state index >= 15 is 0 Å². The van der Waals surface area contributed by atoms with E-state index in [-0.39, 0.29) is 0 Å². The van der Waals surface area contributed by atoms with Gasteiger partial charge in [-0.3, -0.25) is 0 Å². The molecule has 0 amide bonds. The number of nitrogens with one attached hydrogen (secondary N) is 2. The lowest BCUT2D eigenvalue weighted by Crippen LogP contribution is -2.23. The monoisotopic (exact) mass is 288 g/mol. The molecule has 0 saturated heterocycles. The van der Waals surface area contributed by atoms with Crippen LogP contribution in [-0.4, -0.2) is 11.0 Å². The Morgan fingerprint density at radius 2 is 1.95 bits per heavy atom. The van der Waals surface area contributed by atoms with Gasteiger partial charge in [-0.05, 0) is 49.1 Å². The van der Waals surface area contributed by atoms with Gasteiger partial charge in [0.05, 0.1) is 0 Å². The molecule has 2 aliphatic carbocycles. The predicted molar refractivity (Wildman–Crippen MR) is 83.3 cm³/mol. The van der Waals surface area contributed by atoms with E-state index in [1.54, 1.807) is 10.4 Å². The standard InChI is InChI=1S/C16H21N3S/c1-2-6-11(7-3-1)19-15-14-12-8-4-5-9-13(12)20-16(14)18-10-17-15/h10-11H,1-9H2,(H,17,18,19)/p+1. The molecule has 2 heterocycles. The quantitative estimate of drug-likeness (QED) is 0.914. The second kappa shape index (κ2) is 5.32. The molecule has 4 heteroatoms. The molecule has 0 unspecified atom stereocenters. The first-order valence-electron chi connectivity index (χ1n) is 7.99. The highest BCUT2D eigenvalue weighted by Gasteiger charge is 2.24. The van der Waals surface area contributed by atoms with E-state index in [1.807, 2.05) is 17.7 Å². The Hall–Kier alpha value is -1.16. The normalized spacial score (nSPS) is 20.0. The molecule has 0 aromatic carbocycles. The first kappa shape index (κ1) is 12.6. The van der Waals surface area contributed by atoms with Crippen LogP contribution in [0.15, 0.2) is 6.33 Å². The molecule has 4 rings (SSSR count). The number of fused-ring (bicyclic) bond motifs is 3. The van der Waals surface area contributed by atoms with E-state index in [0.29, 0.717) is 6.04 Å². The van der Waals surface area contributed by atoms with Crippen molar-refractivity contribution >= 4 is 27.4 Å². The summed E-state index contributed by atoms with van der Waals surface area (Å²) in [5.41, 5.74) is 1.57. The minimum Gasteiger partial charge on any atom is -0.346 e. The molecule has 0 atom stereocenters. The van der Waals surface area contributed by atoms with Gasteiger partial charge in [0.25, 0.3) is 12.1 Å². The molecular formula is C16H22N3S+. The number of nitrogens with zero attached hydrogens (tertiary/aromatic N) is 1. The van der Waals surface area contributed by atoms with Gasteiger partial charge >= 0.3 is 0 Å². The maximum absolute atomic E-state index is 4.62. The first-order chi connectivity index (χ1) is 9.92. The third-order valence-electron chi connectivity index (χ3n) is 4.74. The summed E-state index contributed by atoms with van der Waals surface area (Å²) < 4.78 is 0. The number of aromatic nitrogens is 2. The molecular weight excluding hydrogens is 266 g/mol. The van der Waals surface area contributed by atoms with E-state index < -0.39 is 0 Å². The number of rotatable bonds is 2. The molecule has 2 aromatic heterocycles. The van der Waals surface area contributed by atoms with E-state index in [9.17, 15) is 0 Å². The summed E-state index contributed by atoms with van der Waals surface area (Å²) in [5, 5.41) is 5.12. The smallest absolute Gasteiger partial charge is 0.287 e. The molecule has 3 nitrogen and oxygen atoms in total. The second-order valence-corrected chi connectivity index (χ2v) is 7.25. The molecule has 106 valence electrons. The number of anilines is 1. The van der Waals surface area contributed by atoms with Crippen LogP contribution in [0.1, 0.15) is 55.4 Å². The minimum atomic E-state index is 0.626. The topological polar surface area (TPSA) is 39.1 Å². The van der Waals surface area contributed by atoms with Crippen LogP contribution in [-0.2, 0) is 12.8 Å². The van der Waals surface area contributed by atoms with Crippen molar-refractivity contribution in [3.05, 3.63) is 16.8 Å². The first-order valence-corrected chi connectivity index (χ1v) is 8.81. The highest BCUT2D eigenvalue weighted by molar-refractivity contribution is 7.18. The van der Waals surface area contributed by atoms with Crippen molar-refractivity contribution in [1.29, 1.82) is 0 Å². The van der Waals surface area contributed by atoms with Crippen molar-refractivity contribution in [3.8, 4) is 0 Å². The lowest BCUT2D eigenvalue weighted by Gasteiger charge is -2.22. The van der Waals surface area contributed by atoms with Crippen molar-refractivity contribution in [3.63, 3.8) is 0 Å². The number of hydrogen-bond donors (Lipinski definition) is 1. The van der Waals surface area contributed by atoms with Gasteiger partial charge in [-0.2, -0.15) is 0 Å². The van der Waals surface area contributed by atoms with Gasteiger partial charge in [-0.1, -0.05) is 30.6 Å². The molecule has 0 spiro atoms. The minimum absolute atomic E-state index is 0.626. The Labute approximate surface area is 123 Å². The summed E-state index contributed by atoms with van der Waals surface area (Å²) >= 11 is 1.94. The van der Waals surface area contributed by atoms with Crippen molar-refractivity contribution < 1.29 is 4.98 Å². The molecule has 0 aliphatic heterocycles. The maximum atomic E-state index is 4.62. The van der Waals surface area contributed by atoms with Crippen molar-refractivity contribution in [2.24, 2.45) is 0 Å². The summed E-state index contributed by atoms with van der Waals surface area (Å²) in [6, 6.07) is 0.626. The summed E-state index contributed by atoms with van der Waals surface area (Å²) in [7, 11) is 0. The van der Waals surface area contributed by atoms with Gasteiger partial charge in [-0.25, -0.2) is 4.98 Å². The van der Waals surface area contributed by atoms with Gasteiger partial charge in [-0.15, -0.1) is 0 Å². The lowest BCUT2D eigenvalue weighted by atomic mass is 9.94. The lowest BCUT2D eigenvalue weighted by molar-refractivity contribution is -0.346. The second-order valence-electron chi connectivity index (χ2n) is 6.15. The zero-order chi connectivity index (χ0) is 13.4. The Morgan fingerprint density at radius 1 is 1.10 bits per heavy atom. The fourth-order valence-electron chi connectivity index (χ4n) is 3.69. The van der Waals surface area contributed by atoms with Crippen LogP contribution in [0.3, 0.4) is 0 Å². The third-order valence-corrected chi connectivity index (χ3v) is 5.97. The van der Waals surface area contributed by atoms with Gasteiger partial charge in [0.15, 0.2) is 4.83 Å². The van der Waals surface area contributed by atoms with Crippen molar-refractivity contribution in [2.75, 3.05) is 5.32 Å². The molecule has 1 fully saturated rings. The molecule has 2 N–H and O–H groups in total. The van der Waals surface area contributed by atoms with Crippen LogP contribution in [0.2, 0.25) is 0 Å². The number of H-pyrrole nitrogens is 1. The molecule has 2 aliphatic rings. The van der Waals surface area contributed by atoms with Crippen molar-refractivity contribution in [2.45, 2.75) is 63.8 Å². The highest BCUT2D eigenvalue weighted by atomic mass is 32.1. The SMILES string of the molecule is c1nc(NC2CCCCC2)c2c3c(sc2[nH+]1)CCCC3. The average molecular weight is 288 g/mol. The fraction of sp³-hybridized carbons (Fsp3) is 0.625. The Morgan fingerprint density at radius 3 is 2.85 bits per heavy atom. The maximum Gasteiger partial charge on any atom is 0.287 e. The summed E-state index contributed by atoms with van der Waals surface area (Å²) in [5.74, 6) is 1.13. The third kappa shape index (κ3) is 2.20. The molecule has 0 radical (unpaired) electrons. The van der Waals surface area contributed by atoms with Crippen LogP contribution in [0.25, 0.3) is 10.2 Å².